The third-order valence-corrected chi connectivity index (χ3v) is 3.65. The molecule has 1 aliphatic rings. The van der Waals surface area contributed by atoms with Crippen LogP contribution in [0.4, 0.5) is 0 Å². The van der Waals surface area contributed by atoms with Gasteiger partial charge in [-0.25, -0.2) is 0 Å². The summed E-state index contributed by atoms with van der Waals surface area (Å²) in [6.07, 6.45) is 1.76. The lowest BCUT2D eigenvalue weighted by Gasteiger charge is -2.26. The van der Waals surface area contributed by atoms with Gasteiger partial charge in [0, 0.05) is 13.7 Å². The first-order valence-electron chi connectivity index (χ1n) is 7.17. The Morgan fingerprint density at radius 2 is 1.90 bits per heavy atom. The second kappa shape index (κ2) is 8.61. The minimum atomic E-state index is -0.950. The van der Waals surface area contributed by atoms with E-state index >= 15 is 0 Å². The second-order valence-corrected chi connectivity index (χ2v) is 5.04. The number of methoxy groups -OCH3 is 1. The van der Waals surface area contributed by atoms with Crippen LogP contribution in [0.1, 0.15) is 26.2 Å². The van der Waals surface area contributed by atoms with Crippen LogP contribution in [-0.2, 0) is 23.9 Å². The van der Waals surface area contributed by atoms with E-state index in [1.807, 2.05) is 0 Å². The van der Waals surface area contributed by atoms with Gasteiger partial charge in [0.2, 0.25) is 5.91 Å². The number of amides is 1. The maximum atomic E-state index is 12.5. The predicted molar refractivity (Wildman–Crippen MR) is 73.6 cm³/mol. The number of carboxylic acid groups (broad SMARTS) is 1. The first-order valence-corrected chi connectivity index (χ1v) is 7.17. The Hall–Kier alpha value is -1.63. The van der Waals surface area contributed by atoms with Gasteiger partial charge < -0.3 is 19.5 Å². The number of carbonyl (C=O) groups is 3. The van der Waals surface area contributed by atoms with Gasteiger partial charge in [0.1, 0.15) is 6.54 Å². The first-order chi connectivity index (χ1) is 10.0. The van der Waals surface area contributed by atoms with Crippen molar-refractivity contribution in [3.8, 4) is 0 Å². The molecule has 1 amide bonds. The van der Waals surface area contributed by atoms with Gasteiger partial charge in [-0.15, -0.1) is 0 Å². The Kier molecular flexibility index (Phi) is 7.14. The normalized spacial score (nSPS) is 21.0. The van der Waals surface area contributed by atoms with Crippen LogP contribution in [-0.4, -0.2) is 61.3 Å². The van der Waals surface area contributed by atoms with E-state index in [9.17, 15) is 14.4 Å². The number of carbonyl (C=O) groups excluding carboxylic acids is 2. The Morgan fingerprint density at radius 3 is 2.48 bits per heavy atom. The third-order valence-electron chi connectivity index (χ3n) is 3.65. The van der Waals surface area contributed by atoms with Gasteiger partial charge in [-0.1, -0.05) is 6.42 Å². The van der Waals surface area contributed by atoms with Gasteiger partial charge >= 0.3 is 11.9 Å². The van der Waals surface area contributed by atoms with Crippen LogP contribution in [0.3, 0.4) is 0 Å². The molecule has 1 N–H and O–H groups in total. The molecule has 0 radical (unpaired) electrons. The molecule has 1 saturated carbocycles. The molecule has 0 unspecified atom stereocenters. The molecule has 0 aromatic heterocycles. The third kappa shape index (κ3) is 5.00. The zero-order chi connectivity index (χ0) is 15.8. The number of hydrogen-bond donors (Lipinski definition) is 1. The fraction of sp³-hybridized carbons (Fsp3) is 0.786. The topological polar surface area (TPSA) is 93.1 Å². The van der Waals surface area contributed by atoms with E-state index in [0.717, 1.165) is 0 Å². The van der Waals surface area contributed by atoms with Gasteiger partial charge in [-0.2, -0.15) is 0 Å². The van der Waals surface area contributed by atoms with E-state index in [-0.39, 0.29) is 32.2 Å². The molecule has 7 nitrogen and oxygen atoms in total. The number of rotatable bonds is 8. The lowest BCUT2D eigenvalue weighted by Crippen LogP contribution is -2.43. The molecule has 1 fully saturated rings. The molecule has 0 spiro atoms. The van der Waals surface area contributed by atoms with Crippen molar-refractivity contribution in [3.05, 3.63) is 0 Å². The summed E-state index contributed by atoms with van der Waals surface area (Å²) in [6.45, 7) is 2.30. The summed E-state index contributed by atoms with van der Waals surface area (Å²) in [6, 6.07) is 0. The highest BCUT2D eigenvalue weighted by Crippen LogP contribution is 2.33. The number of carboxylic acids is 1. The molecule has 0 bridgehead atoms. The van der Waals surface area contributed by atoms with Crippen LogP contribution in [0.25, 0.3) is 0 Å². The van der Waals surface area contributed by atoms with Crippen molar-refractivity contribution < 1.29 is 29.0 Å². The van der Waals surface area contributed by atoms with Crippen LogP contribution in [0.2, 0.25) is 0 Å². The Labute approximate surface area is 124 Å². The molecule has 0 aromatic rings. The molecule has 1 rings (SSSR count). The Morgan fingerprint density at radius 1 is 1.24 bits per heavy atom. The van der Waals surface area contributed by atoms with Crippen molar-refractivity contribution in [2.75, 3.05) is 33.4 Å². The zero-order valence-corrected chi connectivity index (χ0v) is 12.5. The summed E-state index contributed by atoms with van der Waals surface area (Å²) < 4.78 is 9.79. The number of nitrogens with zero attached hydrogens (tertiary/aromatic N) is 1. The molecule has 0 aliphatic heterocycles. The van der Waals surface area contributed by atoms with Crippen LogP contribution >= 0.6 is 0 Å². The summed E-state index contributed by atoms with van der Waals surface area (Å²) in [5.41, 5.74) is 0. The van der Waals surface area contributed by atoms with Gasteiger partial charge in [0.15, 0.2) is 0 Å². The molecular formula is C14H23NO6. The number of aliphatic carboxylic acids is 1. The molecule has 7 heteroatoms. The van der Waals surface area contributed by atoms with E-state index in [2.05, 4.69) is 0 Å². The molecular weight excluding hydrogens is 278 g/mol. The predicted octanol–water partition coefficient (Wildman–Crippen LogP) is 0.525. The molecule has 1 aliphatic carbocycles. The van der Waals surface area contributed by atoms with E-state index in [0.29, 0.717) is 19.3 Å². The fourth-order valence-corrected chi connectivity index (χ4v) is 2.62. The van der Waals surface area contributed by atoms with Crippen molar-refractivity contribution >= 4 is 17.8 Å². The molecule has 0 heterocycles. The van der Waals surface area contributed by atoms with Crippen LogP contribution < -0.4 is 0 Å². The molecule has 0 saturated heterocycles. The largest absolute Gasteiger partial charge is 0.481 e. The highest BCUT2D eigenvalue weighted by Gasteiger charge is 2.40. The minimum absolute atomic E-state index is 0.168. The molecule has 21 heavy (non-hydrogen) atoms. The lowest BCUT2D eigenvalue weighted by atomic mass is 9.94. The van der Waals surface area contributed by atoms with E-state index in [4.69, 9.17) is 14.6 Å². The summed E-state index contributed by atoms with van der Waals surface area (Å²) in [4.78, 5) is 36.6. The standard InChI is InChI=1S/C14H23NO6/c1-3-21-12(16)9-15(7-8-20-2)13(17)10-5-4-6-11(10)14(18)19/h10-11H,3-9H2,1-2H3,(H,18,19)/t10-,11+/m1/s1. The van der Waals surface area contributed by atoms with Crippen molar-refractivity contribution in [3.63, 3.8) is 0 Å². The highest BCUT2D eigenvalue weighted by molar-refractivity contribution is 5.87. The average Bonchev–Trinajstić information content (AvgIpc) is 2.92. The zero-order valence-electron chi connectivity index (χ0n) is 12.5. The van der Waals surface area contributed by atoms with Crippen molar-refractivity contribution in [2.45, 2.75) is 26.2 Å². The van der Waals surface area contributed by atoms with E-state index in [1.54, 1.807) is 6.92 Å². The van der Waals surface area contributed by atoms with Gasteiger partial charge in [0.25, 0.3) is 0 Å². The summed E-state index contributed by atoms with van der Waals surface area (Å²) in [5.74, 6) is -2.97. The minimum Gasteiger partial charge on any atom is -0.481 e. The monoisotopic (exact) mass is 301 g/mol. The second-order valence-electron chi connectivity index (χ2n) is 5.04. The Balaban J connectivity index is 2.73. The molecule has 120 valence electrons. The van der Waals surface area contributed by atoms with Crippen molar-refractivity contribution in [1.29, 1.82) is 0 Å². The van der Waals surface area contributed by atoms with Crippen LogP contribution in [0.5, 0.6) is 0 Å². The molecule has 0 aromatic carbocycles. The number of hydrogen-bond acceptors (Lipinski definition) is 5. The number of esters is 1. The SMILES string of the molecule is CCOC(=O)CN(CCOC)C(=O)[C@@H]1CCC[C@@H]1C(=O)O. The number of ether oxygens (including phenoxy) is 2. The Bertz CT molecular complexity index is 384. The lowest BCUT2D eigenvalue weighted by molar-refractivity contribution is -0.153. The van der Waals surface area contributed by atoms with E-state index < -0.39 is 23.8 Å². The quantitative estimate of drug-likeness (QED) is 0.657. The van der Waals surface area contributed by atoms with Crippen molar-refractivity contribution in [1.82, 2.24) is 4.90 Å². The maximum Gasteiger partial charge on any atom is 0.325 e. The summed E-state index contributed by atoms with van der Waals surface area (Å²) in [5, 5.41) is 9.17. The first kappa shape index (κ1) is 17.4. The fourth-order valence-electron chi connectivity index (χ4n) is 2.62. The van der Waals surface area contributed by atoms with Gasteiger partial charge in [-0.05, 0) is 19.8 Å². The van der Waals surface area contributed by atoms with Crippen molar-refractivity contribution in [2.24, 2.45) is 11.8 Å². The summed E-state index contributed by atoms with van der Waals surface area (Å²) in [7, 11) is 1.50. The average molecular weight is 301 g/mol. The smallest absolute Gasteiger partial charge is 0.325 e. The van der Waals surface area contributed by atoms with Crippen LogP contribution in [0, 0.1) is 11.8 Å². The van der Waals surface area contributed by atoms with Gasteiger partial charge in [0.05, 0.1) is 25.0 Å². The van der Waals surface area contributed by atoms with E-state index in [1.165, 1.54) is 12.0 Å². The molecule has 2 atom stereocenters. The van der Waals surface area contributed by atoms with Crippen LogP contribution in [0.15, 0.2) is 0 Å². The highest BCUT2D eigenvalue weighted by atomic mass is 16.5. The summed E-state index contributed by atoms with van der Waals surface area (Å²) >= 11 is 0. The maximum absolute atomic E-state index is 12.5. The van der Waals surface area contributed by atoms with Gasteiger partial charge in [-0.3, -0.25) is 14.4 Å².